The highest BCUT2D eigenvalue weighted by Crippen LogP contribution is 2.17. The van der Waals surface area contributed by atoms with E-state index in [-0.39, 0.29) is 23.2 Å². The Bertz CT molecular complexity index is 739. The van der Waals surface area contributed by atoms with Crippen molar-refractivity contribution < 1.29 is 18.7 Å². The highest BCUT2D eigenvalue weighted by molar-refractivity contribution is 5.21. The molecule has 0 spiro atoms. The van der Waals surface area contributed by atoms with Gasteiger partial charge >= 0.3 is 11.3 Å². The van der Waals surface area contributed by atoms with Gasteiger partial charge in [-0.05, 0) is 0 Å². The first-order valence-electron chi connectivity index (χ1n) is 7.26. The van der Waals surface area contributed by atoms with Crippen LogP contribution in [0.25, 0.3) is 0 Å². The van der Waals surface area contributed by atoms with Crippen LogP contribution in [0.1, 0.15) is 51.1 Å². The Morgan fingerprint density at radius 3 is 1.78 bits per heavy atom. The van der Waals surface area contributed by atoms with Gasteiger partial charge in [-0.25, -0.2) is 9.59 Å². The monoisotopic (exact) mass is 322 g/mol. The van der Waals surface area contributed by atoms with E-state index < -0.39 is 5.63 Å². The molecule has 2 heterocycles. The minimum Gasteiger partial charge on any atom is -0.508 e. The molecular weight excluding hydrogens is 300 g/mol. The molecule has 126 valence electrons. The third kappa shape index (κ3) is 6.02. The van der Waals surface area contributed by atoms with Crippen LogP contribution in [0.3, 0.4) is 0 Å². The molecule has 6 nitrogen and oxygen atoms in total. The van der Waals surface area contributed by atoms with E-state index in [2.05, 4.69) is 0 Å². The number of ether oxygens (including phenoxy) is 1. The van der Waals surface area contributed by atoms with Crippen LogP contribution in [0.2, 0.25) is 0 Å². The van der Waals surface area contributed by atoms with Crippen molar-refractivity contribution in [2.24, 2.45) is 0 Å². The van der Waals surface area contributed by atoms with Crippen molar-refractivity contribution >= 4 is 0 Å². The van der Waals surface area contributed by atoms with E-state index in [4.69, 9.17) is 18.7 Å². The van der Waals surface area contributed by atoms with Crippen molar-refractivity contribution in [3.05, 3.63) is 56.6 Å². The predicted molar refractivity (Wildman–Crippen MR) is 86.4 cm³/mol. The van der Waals surface area contributed by atoms with Crippen LogP contribution in [-0.4, -0.2) is 12.2 Å². The highest BCUT2D eigenvalue weighted by Gasteiger charge is 2.05. The summed E-state index contributed by atoms with van der Waals surface area (Å²) in [4.78, 5) is 21.6. The van der Waals surface area contributed by atoms with E-state index in [0.29, 0.717) is 17.3 Å². The summed E-state index contributed by atoms with van der Waals surface area (Å²) in [7, 11) is 1.53. The minimum absolute atomic E-state index is 0.0371. The van der Waals surface area contributed by atoms with Crippen LogP contribution in [0.15, 0.2) is 42.7 Å². The van der Waals surface area contributed by atoms with Gasteiger partial charge in [-0.15, -0.1) is 0 Å². The van der Waals surface area contributed by atoms with Gasteiger partial charge < -0.3 is 18.7 Å². The molecule has 0 aliphatic carbocycles. The number of hydrogen-bond donors (Lipinski definition) is 1. The van der Waals surface area contributed by atoms with E-state index in [1.807, 2.05) is 27.7 Å². The van der Waals surface area contributed by atoms with E-state index >= 15 is 0 Å². The molecule has 0 atom stereocenters. The molecule has 0 radical (unpaired) electrons. The van der Waals surface area contributed by atoms with E-state index in [1.54, 1.807) is 6.07 Å². The topological polar surface area (TPSA) is 89.9 Å². The fourth-order valence-electron chi connectivity index (χ4n) is 1.64. The maximum Gasteiger partial charge on any atom is 0.339 e. The van der Waals surface area contributed by atoms with E-state index in [1.165, 1.54) is 19.2 Å². The second-order valence-corrected chi connectivity index (χ2v) is 5.57. The first kappa shape index (κ1) is 18.5. The van der Waals surface area contributed by atoms with Crippen molar-refractivity contribution in [1.29, 1.82) is 0 Å². The number of hydrogen-bond acceptors (Lipinski definition) is 6. The summed E-state index contributed by atoms with van der Waals surface area (Å²) in [6.45, 7) is 7.69. The largest absolute Gasteiger partial charge is 0.508 e. The van der Waals surface area contributed by atoms with Crippen molar-refractivity contribution in [3.8, 4) is 11.5 Å². The van der Waals surface area contributed by atoms with Gasteiger partial charge in [-0.1, -0.05) is 27.7 Å². The summed E-state index contributed by atoms with van der Waals surface area (Å²) in [5.74, 6) is 2.00. The molecule has 1 N–H and O–H groups in total. The third-order valence-corrected chi connectivity index (χ3v) is 2.91. The molecule has 0 unspecified atom stereocenters. The normalized spacial score (nSPS) is 10.4. The molecule has 0 saturated carbocycles. The Labute approximate surface area is 134 Å². The summed E-state index contributed by atoms with van der Waals surface area (Å²) in [5.41, 5.74) is -0.869. The van der Waals surface area contributed by atoms with Crippen LogP contribution in [0.5, 0.6) is 11.5 Å². The predicted octanol–water partition coefficient (Wildman–Crippen LogP) is 3.24. The second kappa shape index (κ2) is 8.22. The van der Waals surface area contributed by atoms with Gasteiger partial charge in [0, 0.05) is 24.0 Å². The lowest BCUT2D eigenvalue weighted by atomic mass is 10.1. The van der Waals surface area contributed by atoms with Gasteiger partial charge in [0.25, 0.3) is 0 Å². The molecule has 0 fully saturated rings. The van der Waals surface area contributed by atoms with Gasteiger partial charge in [0.1, 0.15) is 23.0 Å². The van der Waals surface area contributed by atoms with Crippen LogP contribution in [0, 0.1) is 0 Å². The molecule has 0 bridgehead atoms. The molecule has 6 heteroatoms. The van der Waals surface area contributed by atoms with Gasteiger partial charge in [0.2, 0.25) is 0 Å². The van der Waals surface area contributed by atoms with Crippen molar-refractivity contribution in [2.45, 2.75) is 39.5 Å². The third-order valence-electron chi connectivity index (χ3n) is 2.91. The summed E-state index contributed by atoms with van der Waals surface area (Å²) in [6.07, 6.45) is 0. The highest BCUT2D eigenvalue weighted by atomic mass is 16.5. The summed E-state index contributed by atoms with van der Waals surface area (Å²) >= 11 is 0. The molecular formula is C17H22O6. The molecule has 0 amide bonds. The smallest absolute Gasteiger partial charge is 0.339 e. The molecule has 2 aromatic heterocycles. The number of methoxy groups -OCH3 is 1. The Morgan fingerprint density at radius 2 is 1.35 bits per heavy atom. The zero-order valence-corrected chi connectivity index (χ0v) is 14.0. The van der Waals surface area contributed by atoms with Crippen LogP contribution >= 0.6 is 0 Å². The van der Waals surface area contributed by atoms with Gasteiger partial charge in [0.15, 0.2) is 0 Å². The number of aromatic hydroxyl groups is 1. The molecule has 0 aromatic carbocycles. The SMILES string of the molecule is CC(C)c1cc(O)cc(=O)o1.COc1cc(C(C)C)oc(=O)c1. The summed E-state index contributed by atoms with van der Waals surface area (Å²) < 4.78 is 14.7. The van der Waals surface area contributed by atoms with Crippen LogP contribution < -0.4 is 16.0 Å². The quantitative estimate of drug-likeness (QED) is 0.933. The van der Waals surface area contributed by atoms with Gasteiger partial charge in [-0.2, -0.15) is 0 Å². The summed E-state index contributed by atoms with van der Waals surface area (Å²) in [6, 6.07) is 5.55. The fourth-order valence-corrected chi connectivity index (χ4v) is 1.64. The van der Waals surface area contributed by atoms with Crippen molar-refractivity contribution in [3.63, 3.8) is 0 Å². The average molecular weight is 322 g/mol. The molecule has 0 aliphatic heterocycles. The lowest BCUT2D eigenvalue weighted by Crippen LogP contribution is -2.02. The zero-order chi connectivity index (χ0) is 17.6. The van der Waals surface area contributed by atoms with E-state index in [9.17, 15) is 9.59 Å². The van der Waals surface area contributed by atoms with E-state index in [0.717, 1.165) is 6.07 Å². The maximum atomic E-state index is 10.9. The van der Waals surface area contributed by atoms with Gasteiger partial charge in [0.05, 0.1) is 19.2 Å². The zero-order valence-electron chi connectivity index (χ0n) is 14.0. The fraction of sp³-hybridized carbons (Fsp3) is 0.412. The standard InChI is InChI=1S/C9H12O3.C8H10O3/c1-6(2)8-4-7(11-3)5-9(10)12-8;1-5(2)7-3-6(9)4-8(10)11-7/h4-6H,1-3H3;3-5,9H,1-2H3. The maximum absolute atomic E-state index is 10.9. The molecule has 23 heavy (non-hydrogen) atoms. The average Bonchev–Trinajstić information content (AvgIpc) is 2.46. The second-order valence-electron chi connectivity index (χ2n) is 5.57. The lowest BCUT2D eigenvalue weighted by Gasteiger charge is -2.04. The molecule has 0 saturated heterocycles. The molecule has 2 aromatic rings. The van der Waals surface area contributed by atoms with Crippen LogP contribution in [0.4, 0.5) is 0 Å². The molecule has 0 aliphatic rings. The first-order chi connectivity index (χ1) is 10.7. The van der Waals surface area contributed by atoms with Crippen molar-refractivity contribution in [2.75, 3.05) is 7.11 Å². The first-order valence-corrected chi connectivity index (χ1v) is 7.26. The Morgan fingerprint density at radius 1 is 0.870 bits per heavy atom. The molecule has 2 rings (SSSR count). The Balaban J connectivity index is 0.000000231. The van der Waals surface area contributed by atoms with Crippen molar-refractivity contribution in [1.82, 2.24) is 0 Å². The summed E-state index contributed by atoms with van der Waals surface area (Å²) in [5, 5.41) is 8.98. The minimum atomic E-state index is -0.506. The Hall–Kier alpha value is -2.50. The lowest BCUT2D eigenvalue weighted by molar-refractivity contribution is 0.386. The Kier molecular flexibility index (Phi) is 6.63. The number of rotatable bonds is 3. The van der Waals surface area contributed by atoms with Gasteiger partial charge in [-0.3, -0.25) is 0 Å². The van der Waals surface area contributed by atoms with Crippen LogP contribution in [-0.2, 0) is 0 Å².